The van der Waals surface area contributed by atoms with Crippen molar-refractivity contribution in [3.63, 3.8) is 0 Å². The third-order valence-corrected chi connectivity index (χ3v) is 4.74. The first-order valence-corrected chi connectivity index (χ1v) is 8.38. The van der Waals surface area contributed by atoms with Gasteiger partial charge in [-0.1, -0.05) is 6.08 Å². The highest BCUT2D eigenvalue weighted by molar-refractivity contribution is 7.99. The molecule has 2 heterocycles. The van der Waals surface area contributed by atoms with Gasteiger partial charge in [-0.3, -0.25) is 4.90 Å². The number of methoxy groups -OCH3 is 1. The average molecular weight is 337 g/mol. The van der Waals surface area contributed by atoms with E-state index in [4.69, 9.17) is 4.74 Å². The molecule has 0 N–H and O–H groups in total. The van der Waals surface area contributed by atoms with Crippen LogP contribution in [0.2, 0.25) is 0 Å². The molecule has 23 heavy (non-hydrogen) atoms. The SMILES string of the molecule is COC(=O)[C@H]1CN(c2ccc(C3=CCSCC3)c(F)c2)C(=O)O1. The van der Waals surface area contributed by atoms with Gasteiger partial charge < -0.3 is 9.47 Å². The van der Waals surface area contributed by atoms with Gasteiger partial charge in [0.05, 0.1) is 19.3 Å². The van der Waals surface area contributed by atoms with Crippen molar-refractivity contribution in [1.82, 2.24) is 0 Å². The summed E-state index contributed by atoms with van der Waals surface area (Å²) in [5.41, 5.74) is 1.92. The lowest BCUT2D eigenvalue weighted by Gasteiger charge is -2.17. The predicted molar refractivity (Wildman–Crippen MR) is 86.0 cm³/mol. The van der Waals surface area contributed by atoms with E-state index in [0.29, 0.717) is 11.3 Å². The summed E-state index contributed by atoms with van der Waals surface area (Å²) in [7, 11) is 1.23. The second-order valence-electron chi connectivity index (χ2n) is 5.22. The fourth-order valence-electron chi connectivity index (χ4n) is 2.63. The van der Waals surface area contributed by atoms with Crippen molar-refractivity contribution in [2.24, 2.45) is 0 Å². The van der Waals surface area contributed by atoms with Gasteiger partial charge in [0, 0.05) is 11.3 Å². The second kappa shape index (κ2) is 6.62. The molecule has 0 unspecified atom stereocenters. The Balaban J connectivity index is 1.82. The van der Waals surface area contributed by atoms with Gasteiger partial charge in [-0.2, -0.15) is 11.8 Å². The van der Waals surface area contributed by atoms with E-state index in [2.05, 4.69) is 4.74 Å². The molecule has 122 valence electrons. The maximum Gasteiger partial charge on any atom is 0.415 e. The maximum atomic E-state index is 14.4. The fourth-order valence-corrected chi connectivity index (χ4v) is 3.48. The zero-order valence-corrected chi connectivity index (χ0v) is 13.4. The molecule has 0 spiro atoms. The van der Waals surface area contributed by atoms with Crippen LogP contribution in [0, 0.1) is 5.82 Å². The Bertz CT molecular complexity index is 676. The van der Waals surface area contributed by atoms with Crippen LogP contribution >= 0.6 is 11.8 Å². The van der Waals surface area contributed by atoms with E-state index in [1.807, 2.05) is 17.8 Å². The Morgan fingerprint density at radius 2 is 2.30 bits per heavy atom. The zero-order chi connectivity index (χ0) is 16.4. The van der Waals surface area contributed by atoms with Gasteiger partial charge >= 0.3 is 12.1 Å². The molecule has 2 aliphatic rings. The summed E-state index contributed by atoms with van der Waals surface area (Å²) in [4.78, 5) is 24.6. The molecule has 1 saturated heterocycles. The lowest BCUT2D eigenvalue weighted by atomic mass is 10.0. The molecule has 0 aliphatic carbocycles. The highest BCUT2D eigenvalue weighted by atomic mass is 32.2. The molecular formula is C16H16FNO4S. The molecule has 1 amide bonds. The molecule has 1 atom stereocenters. The fraction of sp³-hybridized carbons (Fsp3) is 0.375. The van der Waals surface area contributed by atoms with Crippen LogP contribution in [-0.4, -0.2) is 43.3 Å². The highest BCUT2D eigenvalue weighted by Crippen LogP contribution is 2.31. The van der Waals surface area contributed by atoms with E-state index >= 15 is 0 Å². The third kappa shape index (κ3) is 3.19. The van der Waals surface area contributed by atoms with E-state index < -0.39 is 18.2 Å². The molecule has 0 aromatic heterocycles. The maximum absolute atomic E-state index is 14.4. The minimum Gasteiger partial charge on any atom is -0.466 e. The summed E-state index contributed by atoms with van der Waals surface area (Å²) >= 11 is 1.82. The van der Waals surface area contributed by atoms with Crippen molar-refractivity contribution in [3.8, 4) is 0 Å². The Morgan fingerprint density at radius 3 is 2.96 bits per heavy atom. The Hall–Kier alpha value is -2.02. The average Bonchev–Trinajstić information content (AvgIpc) is 2.96. The van der Waals surface area contributed by atoms with Crippen molar-refractivity contribution in [2.75, 3.05) is 30.1 Å². The Labute approximate surface area is 137 Å². The number of hydrogen-bond donors (Lipinski definition) is 0. The number of carbonyl (C=O) groups excluding carboxylic acids is 2. The molecular weight excluding hydrogens is 321 g/mol. The molecule has 5 nitrogen and oxygen atoms in total. The van der Waals surface area contributed by atoms with Gasteiger partial charge in [0.1, 0.15) is 5.82 Å². The summed E-state index contributed by atoms with van der Waals surface area (Å²) < 4.78 is 23.9. The summed E-state index contributed by atoms with van der Waals surface area (Å²) in [5, 5.41) is 0. The minimum atomic E-state index is -0.978. The van der Waals surface area contributed by atoms with E-state index in [0.717, 1.165) is 23.5 Å². The number of anilines is 1. The molecule has 1 fully saturated rings. The van der Waals surface area contributed by atoms with Gasteiger partial charge in [0.15, 0.2) is 0 Å². The zero-order valence-electron chi connectivity index (χ0n) is 12.6. The standard InChI is InChI=1S/C16H16FNO4S/c1-21-15(19)14-9-18(16(20)22-14)11-2-3-12(13(17)8-11)10-4-6-23-7-5-10/h2-4,8,14H,5-7,9H2,1H3/t14-/m1/s1. The largest absolute Gasteiger partial charge is 0.466 e. The van der Waals surface area contributed by atoms with Gasteiger partial charge in [0.25, 0.3) is 0 Å². The number of nitrogens with zero attached hydrogens (tertiary/aromatic N) is 1. The monoisotopic (exact) mass is 337 g/mol. The number of ether oxygens (including phenoxy) is 2. The number of benzene rings is 1. The molecule has 2 aliphatic heterocycles. The normalized spacial score (nSPS) is 21.0. The van der Waals surface area contributed by atoms with E-state index in [1.54, 1.807) is 12.1 Å². The van der Waals surface area contributed by atoms with Crippen LogP contribution in [0.4, 0.5) is 14.9 Å². The van der Waals surface area contributed by atoms with Crippen LogP contribution < -0.4 is 4.90 Å². The first-order chi connectivity index (χ1) is 11.1. The molecule has 7 heteroatoms. The molecule has 0 bridgehead atoms. The lowest BCUT2D eigenvalue weighted by molar-refractivity contribution is -0.148. The number of allylic oxidation sites excluding steroid dienone is 1. The van der Waals surface area contributed by atoms with Crippen molar-refractivity contribution in [2.45, 2.75) is 12.5 Å². The van der Waals surface area contributed by atoms with Crippen LogP contribution in [0.25, 0.3) is 5.57 Å². The van der Waals surface area contributed by atoms with Crippen LogP contribution in [0.3, 0.4) is 0 Å². The molecule has 1 aromatic carbocycles. The number of halogens is 1. The molecule has 3 rings (SSSR count). The third-order valence-electron chi connectivity index (χ3n) is 3.85. The van der Waals surface area contributed by atoms with E-state index in [9.17, 15) is 14.0 Å². The molecule has 0 radical (unpaired) electrons. The van der Waals surface area contributed by atoms with Crippen LogP contribution in [0.15, 0.2) is 24.3 Å². The summed E-state index contributed by atoms with van der Waals surface area (Å²) in [6, 6.07) is 4.64. The van der Waals surface area contributed by atoms with Crippen molar-refractivity contribution < 1.29 is 23.5 Å². The van der Waals surface area contributed by atoms with Crippen molar-refractivity contribution in [1.29, 1.82) is 0 Å². The van der Waals surface area contributed by atoms with E-state index in [1.165, 1.54) is 18.1 Å². The van der Waals surface area contributed by atoms with Crippen molar-refractivity contribution in [3.05, 3.63) is 35.7 Å². The lowest BCUT2D eigenvalue weighted by Crippen LogP contribution is -2.28. The van der Waals surface area contributed by atoms with Gasteiger partial charge in [-0.05, 0) is 35.9 Å². The topological polar surface area (TPSA) is 55.8 Å². The first-order valence-electron chi connectivity index (χ1n) is 7.23. The number of thioether (sulfide) groups is 1. The number of amides is 1. The summed E-state index contributed by atoms with van der Waals surface area (Å²) in [6.07, 6.45) is 1.20. The number of esters is 1. The Morgan fingerprint density at radius 1 is 1.48 bits per heavy atom. The highest BCUT2D eigenvalue weighted by Gasteiger charge is 2.38. The summed E-state index contributed by atoms with van der Waals surface area (Å²) in [5.74, 6) is 0.861. The van der Waals surface area contributed by atoms with Gasteiger partial charge in [0.2, 0.25) is 6.10 Å². The molecule has 1 aromatic rings. The smallest absolute Gasteiger partial charge is 0.415 e. The molecule has 0 saturated carbocycles. The minimum absolute atomic E-state index is 0.0175. The van der Waals surface area contributed by atoms with Crippen LogP contribution in [0.1, 0.15) is 12.0 Å². The van der Waals surface area contributed by atoms with Crippen LogP contribution in [0.5, 0.6) is 0 Å². The van der Waals surface area contributed by atoms with Crippen molar-refractivity contribution >= 4 is 35.1 Å². The summed E-state index contributed by atoms with van der Waals surface area (Å²) in [6.45, 7) is 0.0175. The number of carbonyl (C=O) groups is 2. The quantitative estimate of drug-likeness (QED) is 0.794. The number of cyclic esters (lactones) is 1. The number of rotatable bonds is 3. The first kappa shape index (κ1) is 15.9. The van der Waals surface area contributed by atoms with Gasteiger partial charge in [-0.25, -0.2) is 14.0 Å². The second-order valence-corrected chi connectivity index (χ2v) is 6.37. The predicted octanol–water partition coefficient (Wildman–Crippen LogP) is 2.84. The van der Waals surface area contributed by atoms with Gasteiger partial charge in [-0.15, -0.1) is 0 Å². The Kier molecular flexibility index (Phi) is 4.56. The van der Waals surface area contributed by atoms with E-state index in [-0.39, 0.29) is 12.4 Å². The number of hydrogen-bond acceptors (Lipinski definition) is 5. The van der Waals surface area contributed by atoms with Crippen LogP contribution in [-0.2, 0) is 14.3 Å².